The van der Waals surface area contributed by atoms with Crippen LogP contribution in [0.5, 0.6) is 0 Å². The largest absolute Gasteiger partial charge is 0.417 e. The maximum atomic E-state index is 13.3. The summed E-state index contributed by atoms with van der Waals surface area (Å²) in [6, 6.07) is 18.0. The fourth-order valence-electron chi connectivity index (χ4n) is 9.22. The number of ether oxygens (including phenoxy) is 4. The van der Waals surface area contributed by atoms with Gasteiger partial charge in [0, 0.05) is 39.8 Å². The first-order chi connectivity index (χ1) is 29.0. The van der Waals surface area contributed by atoms with Crippen molar-refractivity contribution in [3.05, 3.63) is 92.8 Å². The molecule has 4 aliphatic rings. The number of nitrogens with zero attached hydrogens (tertiary/aromatic N) is 6. The zero-order chi connectivity index (χ0) is 43.4. The second-order valence-corrected chi connectivity index (χ2v) is 16.8. The lowest BCUT2D eigenvalue weighted by Gasteiger charge is -2.50. The van der Waals surface area contributed by atoms with Crippen molar-refractivity contribution in [2.75, 3.05) is 10.9 Å². The number of hydrogen-bond acceptors (Lipinski definition) is 14. The Labute approximate surface area is 350 Å². The molecular weight excluding hydrogens is 789 g/mol. The zero-order valence-electron chi connectivity index (χ0n) is 34.9. The third-order valence-electron chi connectivity index (χ3n) is 13.2. The number of carbonyl (C=O) groups is 4. The molecule has 8 rings (SSSR count). The van der Waals surface area contributed by atoms with E-state index in [2.05, 4.69) is 34.9 Å². The molecule has 4 aromatic rings. The lowest BCUT2D eigenvalue weighted by molar-refractivity contribution is -0.246. The first-order valence-corrected chi connectivity index (χ1v) is 20.3. The van der Waals surface area contributed by atoms with E-state index in [1.165, 1.54) is 9.36 Å². The molecule has 18 heteroatoms. The molecule has 0 atom stereocenters. The van der Waals surface area contributed by atoms with Gasteiger partial charge in [-0.05, 0) is 81.0 Å². The number of anilines is 2. The Bertz CT molecular complexity index is 2380. The number of aromatic nitrogens is 4. The van der Waals surface area contributed by atoms with Crippen molar-refractivity contribution in [1.82, 2.24) is 18.7 Å². The molecule has 2 N–H and O–H groups in total. The highest BCUT2D eigenvalue weighted by molar-refractivity contribution is 6.63. The fourth-order valence-corrected chi connectivity index (χ4v) is 9.22. The summed E-state index contributed by atoms with van der Waals surface area (Å²) in [5.74, 6) is -6.22. The van der Waals surface area contributed by atoms with Crippen LogP contribution < -0.4 is 22.0 Å². The molecule has 0 amide bonds. The molecular formula is C43H48N8O10. The number of rotatable bonds is 8. The van der Waals surface area contributed by atoms with Gasteiger partial charge in [0.2, 0.25) is 0 Å². The average Bonchev–Trinajstić information content (AvgIpc) is 3.58. The van der Waals surface area contributed by atoms with Crippen LogP contribution in [0.25, 0.3) is 11.4 Å². The lowest BCUT2D eigenvalue weighted by Crippen LogP contribution is -2.54. The van der Waals surface area contributed by atoms with Crippen LogP contribution in [0.1, 0.15) is 76.6 Å². The van der Waals surface area contributed by atoms with Crippen LogP contribution >= 0.6 is 0 Å². The highest BCUT2D eigenvalue weighted by Gasteiger charge is 2.55. The fraction of sp³-hybridized carbons (Fsp3) is 0.442. The Hall–Kier alpha value is -6.72. The second-order valence-electron chi connectivity index (χ2n) is 16.8. The van der Waals surface area contributed by atoms with Crippen molar-refractivity contribution in [2.24, 2.45) is 41.5 Å². The second kappa shape index (κ2) is 15.4. The number of hydrazone groups is 2. The van der Waals surface area contributed by atoms with Crippen LogP contribution in [-0.4, -0.2) is 65.6 Å². The van der Waals surface area contributed by atoms with E-state index < -0.39 is 58.0 Å². The molecule has 0 radical (unpaired) electrons. The number of esters is 4. The highest BCUT2D eigenvalue weighted by Crippen LogP contribution is 2.53. The third-order valence-corrected chi connectivity index (χ3v) is 13.2. The van der Waals surface area contributed by atoms with Gasteiger partial charge in [0.25, 0.3) is 34.1 Å². The summed E-state index contributed by atoms with van der Waals surface area (Å²) >= 11 is 0. The first-order valence-electron chi connectivity index (χ1n) is 20.3. The van der Waals surface area contributed by atoms with Crippen LogP contribution in [0.4, 0.5) is 11.4 Å². The smallest absolute Gasteiger partial charge is 0.369 e. The predicted octanol–water partition coefficient (Wildman–Crippen LogP) is 4.52. The summed E-state index contributed by atoms with van der Waals surface area (Å²) in [6.07, 6.45) is 3.61. The SMILES string of the molecule is Cc1c(NN=C2C(=O)OC3(CCC(C(C)(C)C4CCC5(CC4)OC(=O)C(=NNc4c(C)n(C)n(-c6ccccc6)c4=O)C(=O)O5)CC3)OC2=O)c(=O)n(-c2ccccc2)n1C. The Morgan fingerprint density at radius 3 is 1.18 bits per heavy atom. The summed E-state index contributed by atoms with van der Waals surface area (Å²) in [7, 11) is 3.43. The van der Waals surface area contributed by atoms with Crippen LogP contribution in [0.3, 0.4) is 0 Å². The third kappa shape index (κ3) is 7.22. The van der Waals surface area contributed by atoms with Gasteiger partial charge in [0.05, 0.1) is 22.8 Å². The minimum atomic E-state index is -1.42. The number of para-hydroxylation sites is 2. The van der Waals surface area contributed by atoms with Crippen LogP contribution in [0.15, 0.2) is 80.5 Å². The quantitative estimate of drug-likeness (QED) is 0.186. The number of nitrogens with one attached hydrogen (secondary N) is 2. The molecule has 2 aromatic carbocycles. The van der Waals surface area contributed by atoms with Gasteiger partial charge in [-0.1, -0.05) is 50.2 Å². The summed E-state index contributed by atoms with van der Waals surface area (Å²) < 4.78 is 29.2. The molecule has 61 heavy (non-hydrogen) atoms. The molecule has 2 aliphatic carbocycles. The summed E-state index contributed by atoms with van der Waals surface area (Å²) in [4.78, 5) is 79.4. The molecule has 2 saturated heterocycles. The summed E-state index contributed by atoms with van der Waals surface area (Å²) in [6.45, 7) is 7.78. The van der Waals surface area contributed by atoms with Gasteiger partial charge >= 0.3 is 23.9 Å². The minimum Gasteiger partial charge on any atom is -0.417 e. The predicted molar refractivity (Wildman–Crippen MR) is 221 cm³/mol. The summed E-state index contributed by atoms with van der Waals surface area (Å²) in [5, 5.41) is 7.95. The van der Waals surface area contributed by atoms with Crippen molar-refractivity contribution in [3.63, 3.8) is 0 Å². The number of hydrogen-bond donors (Lipinski definition) is 2. The van der Waals surface area contributed by atoms with E-state index in [1.807, 2.05) is 36.4 Å². The Morgan fingerprint density at radius 1 is 0.557 bits per heavy atom. The number of benzene rings is 2. The van der Waals surface area contributed by atoms with Gasteiger partial charge in [0.1, 0.15) is 11.4 Å². The van der Waals surface area contributed by atoms with Crippen molar-refractivity contribution in [3.8, 4) is 11.4 Å². The maximum absolute atomic E-state index is 13.3. The monoisotopic (exact) mass is 836 g/mol. The van der Waals surface area contributed by atoms with Gasteiger partial charge < -0.3 is 18.9 Å². The average molecular weight is 837 g/mol. The van der Waals surface area contributed by atoms with E-state index in [4.69, 9.17) is 18.9 Å². The van der Waals surface area contributed by atoms with E-state index in [0.29, 0.717) is 74.1 Å². The maximum Gasteiger partial charge on any atom is 0.369 e. The van der Waals surface area contributed by atoms with E-state index in [1.54, 1.807) is 61.6 Å². The van der Waals surface area contributed by atoms with E-state index in [9.17, 15) is 28.8 Å². The summed E-state index contributed by atoms with van der Waals surface area (Å²) in [5.41, 5.74) is 5.52. The standard InChI is InChI=1S/C43H48N8O10/c1-25-31(35(52)50(48(25)5)29-13-9-7-10-14-29)44-46-33-37(54)58-42(59-38(33)55)21-17-27(18-22-42)41(3,4)28-19-23-43(24-20-28)60-39(56)34(40(57)61-43)47-45-32-26(2)49(6)51(36(32)53)30-15-11-8-12-16-30/h7-16,27-28,44-45H,17-24H2,1-6H3. The Balaban J connectivity index is 0.859. The Kier molecular flexibility index (Phi) is 10.4. The normalized spacial score (nSPS) is 24.2. The molecule has 4 fully saturated rings. The van der Waals surface area contributed by atoms with Crippen molar-refractivity contribution >= 4 is 46.7 Å². The molecule has 320 valence electrons. The van der Waals surface area contributed by atoms with Crippen LogP contribution in [0, 0.1) is 31.1 Å². The molecule has 2 saturated carbocycles. The number of carbonyl (C=O) groups excluding carboxylic acids is 4. The molecule has 18 nitrogen and oxygen atoms in total. The molecule has 0 unspecified atom stereocenters. The molecule has 2 aromatic heterocycles. The van der Waals surface area contributed by atoms with Gasteiger partial charge in [-0.15, -0.1) is 0 Å². The highest BCUT2D eigenvalue weighted by atomic mass is 16.8. The van der Waals surface area contributed by atoms with E-state index in [-0.39, 0.29) is 28.6 Å². The lowest BCUT2D eigenvalue weighted by atomic mass is 9.60. The molecule has 2 spiro atoms. The van der Waals surface area contributed by atoms with Crippen molar-refractivity contribution in [1.29, 1.82) is 0 Å². The van der Waals surface area contributed by atoms with E-state index in [0.717, 1.165) is 0 Å². The van der Waals surface area contributed by atoms with Crippen LogP contribution in [0.2, 0.25) is 0 Å². The minimum absolute atomic E-state index is 0.0952. The van der Waals surface area contributed by atoms with Gasteiger partial charge in [-0.2, -0.15) is 10.2 Å². The molecule has 0 bridgehead atoms. The Morgan fingerprint density at radius 2 is 0.869 bits per heavy atom. The van der Waals surface area contributed by atoms with Crippen molar-refractivity contribution in [2.45, 2.75) is 90.6 Å². The van der Waals surface area contributed by atoms with Crippen LogP contribution in [-0.2, 0) is 52.2 Å². The topological polar surface area (TPSA) is 208 Å². The van der Waals surface area contributed by atoms with Gasteiger partial charge in [-0.3, -0.25) is 29.8 Å². The molecule has 4 heterocycles. The molecule has 2 aliphatic heterocycles. The van der Waals surface area contributed by atoms with E-state index >= 15 is 0 Å². The van der Waals surface area contributed by atoms with Crippen molar-refractivity contribution < 1.29 is 38.1 Å². The zero-order valence-corrected chi connectivity index (χ0v) is 34.9. The van der Waals surface area contributed by atoms with Gasteiger partial charge in [0.15, 0.2) is 0 Å². The van der Waals surface area contributed by atoms with Gasteiger partial charge in [-0.25, -0.2) is 28.5 Å². The first kappa shape index (κ1) is 41.0.